The molecule has 2 heterocycles. The quantitative estimate of drug-likeness (QED) is 0.254. The van der Waals surface area contributed by atoms with Gasteiger partial charge in [0.2, 0.25) is 0 Å². The minimum atomic E-state index is 0.309. The molecule has 0 radical (unpaired) electrons. The molecule has 162 valence electrons. The number of oxime groups is 2. The molecule has 0 bridgehead atoms. The van der Waals surface area contributed by atoms with E-state index < -0.39 is 0 Å². The third-order valence-electron chi connectivity index (χ3n) is 4.76. The van der Waals surface area contributed by atoms with Crippen LogP contribution in [0.25, 0.3) is 34.2 Å². The van der Waals surface area contributed by atoms with Gasteiger partial charge in [-0.1, -0.05) is 58.8 Å². The number of hydrogen-bond acceptors (Lipinski definition) is 6. The van der Waals surface area contributed by atoms with Crippen molar-refractivity contribution in [1.29, 1.82) is 0 Å². The first-order chi connectivity index (χ1) is 15.6. The molecule has 0 spiro atoms. The van der Waals surface area contributed by atoms with Crippen molar-refractivity contribution in [1.82, 2.24) is 0 Å². The summed E-state index contributed by atoms with van der Waals surface area (Å²) in [7, 11) is 2.91. The monoisotopic (exact) mass is 430 g/mol. The van der Waals surface area contributed by atoms with Crippen molar-refractivity contribution in [2.24, 2.45) is 21.8 Å². The Morgan fingerprint density at radius 1 is 0.562 bits per heavy atom. The third kappa shape index (κ3) is 4.34. The van der Waals surface area contributed by atoms with Gasteiger partial charge in [-0.05, 0) is 24.3 Å². The summed E-state index contributed by atoms with van der Waals surface area (Å²) in [5, 5.41) is 7.46. The van der Waals surface area contributed by atoms with E-state index in [0.29, 0.717) is 34.7 Å². The van der Waals surface area contributed by atoms with Gasteiger partial charge in [0.25, 0.3) is 0 Å². The molecule has 0 aliphatic carbocycles. The molecule has 2 aromatic heterocycles. The van der Waals surface area contributed by atoms with E-state index in [-0.39, 0.29) is 0 Å². The van der Waals surface area contributed by atoms with E-state index in [0.717, 1.165) is 22.3 Å². The van der Waals surface area contributed by atoms with Crippen molar-refractivity contribution in [2.45, 2.75) is 0 Å². The van der Waals surface area contributed by atoms with Gasteiger partial charge < -0.3 is 30.0 Å². The van der Waals surface area contributed by atoms with Gasteiger partial charge in [0.15, 0.2) is 23.2 Å². The Balaban J connectivity index is 1.52. The van der Waals surface area contributed by atoms with Gasteiger partial charge in [-0.15, -0.1) is 0 Å². The summed E-state index contributed by atoms with van der Waals surface area (Å²) in [5.41, 5.74) is 15.0. The third-order valence-corrected chi connectivity index (χ3v) is 4.76. The molecule has 8 heteroatoms. The second kappa shape index (κ2) is 9.13. The second-order valence-electron chi connectivity index (χ2n) is 6.80. The fourth-order valence-electron chi connectivity index (χ4n) is 3.16. The Kier molecular flexibility index (Phi) is 5.94. The van der Waals surface area contributed by atoms with E-state index in [2.05, 4.69) is 10.3 Å². The molecule has 0 aliphatic heterocycles. The lowest BCUT2D eigenvalue weighted by Crippen LogP contribution is -2.13. The minimum absolute atomic E-state index is 0.309. The van der Waals surface area contributed by atoms with Crippen LogP contribution in [0, 0.1) is 0 Å². The molecule has 0 aliphatic rings. The molecule has 4 rings (SSSR count). The molecule has 2 aromatic carbocycles. The fraction of sp³-hybridized carbons (Fsp3) is 0.0833. The molecule has 0 atom stereocenters. The van der Waals surface area contributed by atoms with Crippen molar-refractivity contribution in [2.75, 3.05) is 14.2 Å². The van der Waals surface area contributed by atoms with E-state index in [1.54, 1.807) is 0 Å². The number of hydrogen-bond donors (Lipinski definition) is 2. The highest BCUT2D eigenvalue weighted by molar-refractivity contribution is 5.98. The van der Waals surface area contributed by atoms with Crippen molar-refractivity contribution in [3.05, 3.63) is 83.9 Å². The van der Waals surface area contributed by atoms with Crippen LogP contribution in [-0.4, -0.2) is 25.9 Å². The lowest BCUT2D eigenvalue weighted by atomic mass is 10.1. The van der Waals surface area contributed by atoms with E-state index in [1.807, 2.05) is 72.8 Å². The summed E-state index contributed by atoms with van der Waals surface area (Å²) in [6.45, 7) is 0. The van der Waals surface area contributed by atoms with Gasteiger partial charge in [0.1, 0.15) is 25.7 Å². The van der Waals surface area contributed by atoms with Crippen LogP contribution in [0.15, 0.2) is 91.9 Å². The summed E-state index contributed by atoms with van der Waals surface area (Å²) in [4.78, 5) is 9.41. The predicted octanol–water partition coefficient (Wildman–Crippen LogP) is 4.41. The van der Waals surface area contributed by atoms with Gasteiger partial charge in [-0.25, -0.2) is 0 Å². The van der Waals surface area contributed by atoms with Crippen molar-refractivity contribution >= 4 is 11.7 Å². The molecule has 0 saturated heterocycles. The molecule has 0 saturated carbocycles. The van der Waals surface area contributed by atoms with E-state index >= 15 is 0 Å². The molecule has 32 heavy (non-hydrogen) atoms. The maximum Gasteiger partial charge on any atom is 0.170 e. The number of furan rings is 2. The lowest BCUT2D eigenvalue weighted by Gasteiger charge is -2.02. The lowest BCUT2D eigenvalue weighted by molar-refractivity contribution is 0.213. The van der Waals surface area contributed by atoms with Crippen molar-refractivity contribution in [3.63, 3.8) is 0 Å². The Morgan fingerprint density at radius 3 is 1.25 bits per heavy atom. The number of amidine groups is 2. The SMILES string of the molecule is CO/N=C(\N)c1ccc(-c2ccc(-c3ccc(-c4ccc(/C(N)=N\OC)cc4)o3)o2)cc1. The maximum atomic E-state index is 6.00. The van der Waals surface area contributed by atoms with Gasteiger partial charge in [0, 0.05) is 22.3 Å². The summed E-state index contributed by atoms with van der Waals surface area (Å²) in [5.74, 6) is 3.30. The number of rotatable bonds is 7. The van der Waals surface area contributed by atoms with E-state index in [4.69, 9.17) is 30.0 Å². The first-order valence-corrected chi connectivity index (χ1v) is 9.74. The van der Waals surface area contributed by atoms with Crippen LogP contribution in [0.4, 0.5) is 0 Å². The summed E-state index contributed by atoms with van der Waals surface area (Å²) >= 11 is 0. The van der Waals surface area contributed by atoms with Crippen LogP contribution in [0.5, 0.6) is 0 Å². The second-order valence-corrected chi connectivity index (χ2v) is 6.80. The van der Waals surface area contributed by atoms with Crippen LogP contribution < -0.4 is 11.5 Å². The van der Waals surface area contributed by atoms with E-state index in [1.165, 1.54) is 14.2 Å². The average Bonchev–Trinajstić information content (AvgIpc) is 3.50. The maximum absolute atomic E-state index is 6.00. The van der Waals surface area contributed by atoms with E-state index in [9.17, 15) is 0 Å². The summed E-state index contributed by atoms with van der Waals surface area (Å²) < 4.78 is 12.0. The Hall–Kier alpha value is -4.46. The highest BCUT2D eigenvalue weighted by Gasteiger charge is 2.12. The molecule has 4 aromatic rings. The van der Waals surface area contributed by atoms with Gasteiger partial charge >= 0.3 is 0 Å². The molecule has 0 amide bonds. The molecule has 4 N–H and O–H groups in total. The van der Waals surface area contributed by atoms with Crippen molar-refractivity contribution in [3.8, 4) is 34.2 Å². The Morgan fingerprint density at radius 2 is 0.906 bits per heavy atom. The number of nitrogens with two attached hydrogens (primary N) is 2. The van der Waals surface area contributed by atoms with Crippen molar-refractivity contribution < 1.29 is 18.5 Å². The zero-order valence-corrected chi connectivity index (χ0v) is 17.6. The van der Waals surface area contributed by atoms with Crippen LogP contribution in [0.2, 0.25) is 0 Å². The highest BCUT2D eigenvalue weighted by atomic mass is 16.6. The predicted molar refractivity (Wildman–Crippen MR) is 123 cm³/mol. The number of nitrogens with zero attached hydrogens (tertiary/aromatic N) is 2. The first-order valence-electron chi connectivity index (χ1n) is 9.74. The Bertz CT molecular complexity index is 1150. The normalized spacial score (nSPS) is 12.1. The largest absolute Gasteiger partial charge is 0.453 e. The smallest absolute Gasteiger partial charge is 0.170 e. The van der Waals surface area contributed by atoms with Gasteiger partial charge in [-0.3, -0.25) is 0 Å². The van der Waals surface area contributed by atoms with Gasteiger partial charge in [-0.2, -0.15) is 0 Å². The topological polar surface area (TPSA) is 122 Å². The highest BCUT2D eigenvalue weighted by Crippen LogP contribution is 2.32. The molecule has 8 nitrogen and oxygen atoms in total. The average molecular weight is 430 g/mol. The first kappa shape index (κ1) is 20.8. The van der Waals surface area contributed by atoms with Crippen LogP contribution in [-0.2, 0) is 9.68 Å². The molecule has 0 unspecified atom stereocenters. The zero-order valence-electron chi connectivity index (χ0n) is 17.6. The van der Waals surface area contributed by atoms with Gasteiger partial charge in [0.05, 0.1) is 0 Å². The minimum Gasteiger partial charge on any atom is -0.453 e. The fourth-order valence-corrected chi connectivity index (χ4v) is 3.16. The van der Waals surface area contributed by atoms with Crippen LogP contribution in [0.3, 0.4) is 0 Å². The van der Waals surface area contributed by atoms with Crippen LogP contribution in [0.1, 0.15) is 11.1 Å². The van der Waals surface area contributed by atoms with Crippen LogP contribution >= 0.6 is 0 Å². The number of benzene rings is 2. The zero-order chi connectivity index (χ0) is 22.5. The summed E-state index contributed by atoms with van der Waals surface area (Å²) in [6.07, 6.45) is 0. The summed E-state index contributed by atoms with van der Waals surface area (Å²) in [6, 6.07) is 22.6. The molecular weight excluding hydrogens is 408 g/mol. The molecule has 0 fully saturated rings. The standard InChI is InChI=1S/C24H22N4O4/c1-29-27-23(25)17-7-3-15(4-8-17)19-11-13-21(31-19)22-14-12-20(32-22)16-5-9-18(10-6-16)24(26)28-30-2/h3-14H,1-2H3,(H2,25,27)(H2,26,28). The molecular formula is C24H22N4O4. The Labute approximate surface area is 184 Å².